The van der Waals surface area contributed by atoms with E-state index in [0.29, 0.717) is 18.3 Å². The Hall–Kier alpha value is -1.09. The zero-order valence-corrected chi connectivity index (χ0v) is 7.95. The van der Waals surface area contributed by atoms with Gasteiger partial charge in [0.05, 0.1) is 0 Å². The molecule has 2 rings (SSSR count). The lowest BCUT2D eigenvalue weighted by Crippen LogP contribution is -2.30. The summed E-state index contributed by atoms with van der Waals surface area (Å²) < 4.78 is 18.4. The van der Waals surface area contributed by atoms with E-state index >= 15 is 0 Å². The molecule has 0 spiro atoms. The molecule has 1 aliphatic carbocycles. The van der Waals surface area contributed by atoms with Crippen LogP contribution in [0.25, 0.3) is 0 Å². The summed E-state index contributed by atoms with van der Waals surface area (Å²) in [5, 5.41) is 0. The quantitative estimate of drug-likeness (QED) is 0.796. The zero-order chi connectivity index (χ0) is 9.97. The SMILES string of the molecule is NC(COc1ccccc1F)C1CC1. The predicted octanol–water partition coefficient (Wildman–Crippen LogP) is 1.94. The van der Waals surface area contributed by atoms with Crippen molar-refractivity contribution >= 4 is 0 Å². The topological polar surface area (TPSA) is 35.2 Å². The fourth-order valence-corrected chi connectivity index (χ4v) is 1.41. The number of para-hydroxylation sites is 1. The molecule has 0 radical (unpaired) electrons. The molecule has 2 N–H and O–H groups in total. The number of benzene rings is 1. The van der Waals surface area contributed by atoms with Crippen LogP contribution in [0.5, 0.6) is 5.75 Å². The van der Waals surface area contributed by atoms with Gasteiger partial charge in [-0.3, -0.25) is 0 Å². The summed E-state index contributed by atoms with van der Waals surface area (Å²) in [4.78, 5) is 0. The van der Waals surface area contributed by atoms with Gasteiger partial charge in [0.1, 0.15) is 6.61 Å². The minimum absolute atomic E-state index is 0.0506. The van der Waals surface area contributed by atoms with Gasteiger partial charge in [0.15, 0.2) is 11.6 Å². The normalized spacial score (nSPS) is 17.9. The summed E-state index contributed by atoms with van der Waals surface area (Å²) >= 11 is 0. The molecule has 1 aromatic carbocycles. The predicted molar refractivity (Wildman–Crippen MR) is 52.6 cm³/mol. The molecule has 0 bridgehead atoms. The summed E-state index contributed by atoms with van der Waals surface area (Å²) in [6.45, 7) is 0.408. The van der Waals surface area contributed by atoms with Gasteiger partial charge in [0.25, 0.3) is 0 Å². The van der Waals surface area contributed by atoms with Gasteiger partial charge in [-0.2, -0.15) is 0 Å². The maximum Gasteiger partial charge on any atom is 0.165 e. The first kappa shape index (κ1) is 9.46. The molecule has 0 aliphatic heterocycles. The highest BCUT2D eigenvalue weighted by Crippen LogP contribution is 2.31. The van der Waals surface area contributed by atoms with Crippen molar-refractivity contribution in [2.24, 2.45) is 11.7 Å². The van der Waals surface area contributed by atoms with Crippen LogP contribution >= 0.6 is 0 Å². The molecule has 1 fully saturated rings. The summed E-state index contributed by atoms with van der Waals surface area (Å²) in [6, 6.07) is 6.45. The first-order valence-corrected chi connectivity index (χ1v) is 4.90. The summed E-state index contributed by atoms with van der Waals surface area (Å²) in [6.07, 6.45) is 2.36. The molecule has 0 heterocycles. The third kappa shape index (κ3) is 2.23. The average Bonchev–Trinajstić information content (AvgIpc) is 2.99. The van der Waals surface area contributed by atoms with E-state index in [0.717, 1.165) is 0 Å². The molecule has 14 heavy (non-hydrogen) atoms. The van der Waals surface area contributed by atoms with Crippen molar-refractivity contribution in [1.29, 1.82) is 0 Å². The van der Waals surface area contributed by atoms with Crippen molar-refractivity contribution < 1.29 is 9.13 Å². The van der Waals surface area contributed by atoms with Crippen LogP contribution in [0, 0.1) is 11.7 Å². The fraction of sp³-hybridized carbons (Fsp3) is 0.455. The van der Waals surface area contributed by atoms with Crippen LogP contribution in [0.3, 0.4) is 0 Å². The van der Waals surface area contributed by atoms with Gasteiger partial charge in [0.2, 0.25) is 0 Å². The van der Waals surface area contributed by atoms with Crippen molar-refractivity contribution in [1.82, 2.24) is 0 Å². The second kappa shape index (κ2) is 3.96. The third-order valence-corrected chi connectivity index (χ3v) is 2.50. The van der Waals surface area contributed by atoms with Crippen LogP contribution in [-0.4, -0.2) is 12.6 Å². The van der Waals surface area contributed by atoms with E-state index in [1.165, 1.54) is 18.9 Å². The maximum atomic E-state index is 13.1. The summed E-state index contributed by atoms with van der Waals surface area (Å²) in [5.41, 5.74) is 5.83. The highest BCUT2D eigenvalue weighted by atomic mass is 19.1. The Labute approximate surface area is 82.9 Å². The van der Waals surface area contributed by atoms with Crippen LogP contribution in [0.15, 0.2) is 24.3 Å². The highest BCUT2D eigenvalue weighted by Gasteiger charge is 2.28. The van der Waals surface area contributed by atoms with Gasteiger partial charge in [-0.1, -0.05) is 12.1 Å². The molecule has 0 saturated heterocycles. The summed E-state index contributed by atoms with van der Waals surface area (Å²) in [5.74, 6) is 0.556. The average molecular weight is 195 g/mol. The van der Waals surface area contributed by atoms with E-state index in [2.05, 4.69) is 0 Å². The van der Waals surface area contributed by atoms with Gasteiger partial charge in [-0.25, -0.2) is 4.39 Å². The molecule has 1 aliphatic rings. The molecule has 3 heteroatoms. The Morgan fingerprint density at radius 3 is 2.79 bits per heavy atom. The second-order valence-electron chi connectivity index (χ2n) is 3.74. The molecular formula is C11H14FNO. The molecule has 1 saturated carbocycles. The first-order valence-electron chi connectivity index (χ1n) is 4.90. The largest absolute Gasteiger partial charge is 0.489 e. The smallest absolute Gasteiger partial charge is 0.165 e. The Morgan fingerprint density at radius 2 is 2.14 bits per heavy atom. The standard InChI is InChI=1S/C11H14FNO/c12-9-3-1-2-4-11(9)14-7-10(13)8-5-6-8/h1-4,8,10H,5-7,13H2. The molecule has 2 nitrogen and oxygen atoms in total. The fourth-order valence-electron chi connectivity index (χ4n) is 1.41. The van der Waals surface area contributed by atoms with E-state index in [1.807, 2.05) is 0 Å². The molecule has 0 aromatic heterocycles. The van der Waals surface area contributed by atoms with Crippen molar-refractivity contribution in [3.05, 3.63) is 30.1 Å². The van der Waals surface area contributed by atoms with E-state index < -0.39 is 0 Å². The number of hydrogen-bond acceptors (Lipinski definition) is 2. The van der Waals surface area contributed by atoms with E-state index in [9.17, 15) is 4.39 Å². The molecule has 1 aromatic rings. The lowest BCUT2D eigenvalue weighted by Gasteiger charge is -2.12. The van der Waals surface area contributed by atoms with Gasteiger partial charge in [-0.05, 0) is 30.9 Å². The van der Waals surface area contributed by atoms with Crippen molar-refractivity contribution in [3.8, 4) is 5.75 Å². The van der Waals surface area contributed by atoms with Crippen molar-refractivity contribution in [2.45, 2.75) is 18.9 Å². The number of ether oxygens (including phenoxy) is 1. The highest BCUT2D eigenvalue weighted by molar-refractivity contribution is 5.23. The minimum atomic E-state index is -0.324. The Bertz CT molecular complexity index is 312. The van der Waals surface area contributed by atoms with Gasteiger partial charge < -0.3 is 10.5 Å². The van der Waals surface area contributed by atoms with E-state index in [4.69, 9.17) is 10.5 Å². The van der Waals surface area contributed by atoms with Gasteiger partial charge in [-0.15, -0.1) is 0 Å². The third-order valence-electron chi connectivity index (χ3n) is 2.50. The Balaban J connectivity index is 1.87. The molecule has 76 valence electrons. The van der Waals surface area contributed by atoms with Gasteiger partial charge in [0, 0.05) is 6.04 Å². The van der Waals surface area contributed by atoms with Crippen LogP contribution < -0.4 is 10.5 Å². The Kier molecular flexibility index (Phi) is 2.68. The summed E-state index contributed by atoms with van der Waals surface area (Å²) in [7, 11) is 0. The van der Waals surface area contributed by atoms with Crippen molar-refractivity contribution in [3.63, 3.8) is 0 Å². The monoisotopic (exact) mass is 195 g/mol. The molecular weight excluding hydrogens is 181 g/mol. The van der Waals surface area contributed by atoms with Gasteiger partial charge >= 0.3 is 0 Å². The van der Waals surface area contributed by atoms with Crippen LogP contribution in [-0.2, 0) is 0 Å². The van der Waals surface area contributed by atoms with E-state index in [1.54, 1.807) is 18.2 Å². The van der Waals surface area contributed by atoms with Crippen LogP contribution in [0.1, 0.15) is 12.8 Å². The number of halogens is 1. The minimum Gasteiger partial charge on any atom is -0.489 e. The number of hydrogen-bond donors (Lipinski definition) is 1. The zero-order valence-electron chi connectivity index (χ0n) is 7.95. The maximum absolute atomic E-state index is 13.1. The van der Waals surface area contributed by atoms with Crippen LogP contribution in [0.4, 0.5) is 4.39 Å². The number of rotatable bonds is 4. The van der Waals surface area contributed by atoms with E-state index in [-0.39, 0.29) is 11.9 Å². The van der Waals surface area contributed by atoms with Crippen molar-refractivity contribution in [2.75, 3.05) is 6.61 Å². The number of nitrogens with two attached hydrogens (primary N) is 1. The molecule has 1 atom stereocenters. The lowest BCUT2D eigenvalue weighted by molar-refractivity contribution is 0.264. The first-order chi connectivity index (χ1) is 6.77. The van der Waals surface area contributed by atoms with Crippen LogP contribution in [0.2, 0.25) is 0 Å². The lowest BCUT2D eigenvalue weighted by atomic mass is 10.2. The molecule has 1 unspecified atom stereocenters. The molecule has 0 amide bonds. The Morgan fingerprint density at radius 1 is 1.43 bits per heavy atom. The second-order valence-corrected chi connectivity index (χ2v) is 3.74.